The molecule has 3 nitrogen and oxygen atoms in total. The quantitative estimate of drug-likeness (QED) is 0.330. The highest BCUT2D eigenvalue weighted by Gasteiger charge is 2.10. The number of nitrogens with zero attached hydrogens (tertiary/aromatic N) is 1. The maximum atomic E-state index is 12.0. The fourth-order valence-electron chi connectivity index (χ4n) is 0.451. The van der Waals surface area contributed by atoms with Gasteiger partial charge in [0.1, 0.15) is 0 Å². The van der Waals surface area contributed by atoms with Crippen molar-refractivity contribution in [3.8, 4) is 12.3 Å². The Morgan fingerprint density at radius 2 is 2.25 bits per heavy atom. The van der Waals surface area contributed by atoms with E-state index in [2.05, 4.69) is 5.92 Å². The van der Waals surface area contributed by atoms with E-state index in [1.807, 2.05) is 21.2 Å². The van der Waals surface area contributed by atoms with Gasteiger partial charge in [0.2, 0.25) is 0 Å². The zero-order valence-electron chi connectivity index (χ0n) is 6.03. The van der Waals surface area contributed by atoms with Crippen molar-refractivity contribution in [2.75, 3.05) is 18.8 Å². The molecule has 0 saturated heterocycles. The Bertz CT molecular complexity index is 261. The van der Waals surface area contributed by atoms with Crippen LogP contribution in [0.15, 0.2) is 0 Å². The van der Waals surface area contributed by atoms with E-state index >= 15 is 0 Å². The van der Waals surface area contributed by atoms with Crippen LogP contribution in [0.25, 0.3) is 0 Å². The Labute approximate surface area is 88.0 Å². The van der Waals surface area contributed by atoms with Crippen LogP contribution in [0.1, 0.15) is 0 Å². The summed E-state index contributed by atoms with van der Waals surface area (Å²) in [7, 11) is -3.11. The lowest BCUT2D eigenvalue weighted by atomic mass is 10.6. The van der Waals surface area contributed by atoms with Crippen molar-refractivity contribution in [2.24, 2.45) is 0 Å². The van der Waals surface area contributed by atoms with Crippen LogP contribution in [0.4, 0.5) is 3.89 Å². The van der Waals surface area contributed by atoms with Crippen LogP contribution >= 0.6 is 30.3 Å². The third-order valence-electron chi connectivity index (χ3n) is 0.950. The molecule has 70 valence electrons. The summed E-state index contributed by atoms with van der Waals surface area (Å²) in [5.74, 6) is 1.83. The second-order valence-electron chi connectivity index (χ2n) is 1.88. The van der Waals surface area contributed by atoms with Gasteiger partial charge in [0.05, 0.1) is 12.3 Å². The average Bonchev–Trinajstić information content (AvgIpc) is 1.96. The fraction of sp³-hybridized carbons (Fsp3) is 0.600. The minimum Gasteiger partial charge on any atom is -0.229 e. The molecule has 0 heterocycles. The predicted octanol–water partition coefficient (Wildman–Crippen LogP) is 1.22. The van der Waals surface area contributed by atoms with E-state index in [-0.39, 0.29) is 6.54 Å². The topological polar surface area (TPSA) is 37.4 Å². The number of rotatable bonds is 5. The van der Waals surface area contributed by atoms with Gasteiger partial charge in [-0.2, -0.15) is 8.42 Å². The number of terminal acetylenes is 1. The molecule has 0 N–H and O–H groups in total. The summed E-state index contributed by atoms with van der Waals surface area (Å²) in [5, 5.41) is 0. The molecule has 0 fully saturated rings. The molecule has 0 aromatic heterocycles. The van der Waals surface area contributed by atoms with Crippen molar-refractivity contribution in [2.45, 2.75) is 0 Å². The molecule has 12 heavy (non-hydrogen) atoms. The molecule has 0 bridgehead atoms. The summed E-state index contributed by atoms with van der Waals surface area (Å²) < 4.78 is 33.8. The summed E-state index contributed by atoms with van der Waals surface area (Å²) in [6, 6.07) is 0. The molecule has 0 rings (SSSR count). The minimum atomic E-state index is -4.37. The molecule has 0 amide bonds. The average molecular weight is 323 g/mol. The molecule has 0 radical (unpaired) electrons. The lowest BCUT2D eigenvalue weighted by Crippen LogP contribution is -2.21. The van der Waals surface area contributed by atoms with Gasteiger partial charge in [0, 0.05) is 27.8 Å². The highest BCUT2D eigenvalue weighted by atomic mass is 127. The lowest BCUT2D eigenvalue weighted by Gasteiger charge is -2.12. The van der Waals surface area contributed by atoms with E-state index in [0.29, 0.717) is 6.54 Å². The highest BCUT2D eigenvalue weighted by molar-refractivity contribution is 14.2. The van der Waals surface area contributed by atoms with Gasteiger partial charge >= 0.3 is 10.2 Å². The summed E-state index contributed by atoms with van der Waals surface area (Å²) in [6.07, 6.45) is 4.99. The Balaban J connectivity index is 3.83. The van der Waals surface area contributed by atoms with Crippen LogP contribution in [-0.4, -0.2) is 31.6 Å². The van der Waals surface area contributed by atoms with Gasteiger partial charge in [-0.25, -0.2) is 4.31 Å². The molecule has 7 heteroatoms. The van der Waals surface area contributed by atoms with Crippen LogP contribution in [0.2, 0.25) is 0 Å². The normalized spacial score (nSPS) is 11.5. The molecular weight excluding hydrogens is 316 g/mol. The molecular formula is C5H7FINO2S2. The van der Waals surface area contributed by atoms with Gasteiger partial charge in [0.15, 0.2) is 0 Å². The summed E-state index contributed by atoms with van der Waals surface area (Å²) in [5.41, 5.74) is 0. The smallest absolute Gasteiger partial charge is 0.229 e. The Morgan fingerprint density at radius 3 is 2.58 bits per heavy atom. The van der Waals surface area contributed by atoms with E-state index < -0.39 is 16.0 Å². The first-order valence-electron chi connectivity index (χ1n) is 2.89. The standard InChI is InChI=1S/C5H7FINO2S2/c1-2-3-8(11-7)4-5-12(6,9)10/h1H,3-5H2. The zero-order valence-corrected chi connectivity index (χ0v) is 9.83. The van der Waals surface area contributed by atoms with Crippen molar-refractivity contribution < 1.29 is 12.3 Å². The maximum Gasteiger partial charge on any atom is 0.303 e. The summed E-state index contributed by atoms with van der Waals surface area (Å²) in [4.78, 5) is 0. The van der Waals surface area contributed by atoms with Crippen molar-refractivity contribution in [3.05, 3.63) is 0 Å². The predicted molar refractivity (Wildman–Crippen MR) is 56.9 cm³/mol. The van der Waals surface area contributed by atoms with Gasteiger partial charge in [0.25, 0.3) is 0 Å². The Hall–Kier alpha value is 0.480. The molecule has 0 unspecified atom stereocenters. The van der Waals surface area contributed by atoms with Crippen molar-refractivity contribution in [1.29, 1.82) is 0 Å². The molecule has 0 saturated carbocycles. The number of halogens is 2. The third kappa shape index (κ3) is 7.15. The Kier molecular flexibility index (Phi) is 6.25. The van der Waals surface area contributed by atoms with E-state index in [0.717, 1.165) is 0 Å². The molecule has 0 aromatic carbocycles. The van der Waals surface area contributed by atoms with Crippen LogP contribution in [-0.2, 0) is 10.2 Å². The van der Waals surface area contributed by atoms with Crippen LogP contribution < -0.4 is 0 Å². The Morgan fingerprint density at radius 1 is 1.67 bits per heavy atom. The van der Waals surface area contributed by atoms with Gasteiger partial charge in [-0.3, -0.25) is 0 Å². The second-order valence-corrected chi connectivity index (χ2v) is 5.20. The summed E-state index contributed by atoms with van der Waals surface area (Å²) in [6.45, 7) is 0.416. The van der Waals surface area contributed by atoms with Gasteiger partial charge < -0.3 is 0 Å². The van der Waals surface area contributed by atoms with E-state index in [9.17, 15) is 12.3 Å². The fourth-order valence-corrected chi connectivity index (χ4v) is 2.30. The SMILES string of the molecule is C#CCN(CCS(=O)(=O)F)SI. The van der Waals surface area contributed by atoms with Crippen LogP contribution in [0, 0.1) is 12.3 Å². The van der Waals surface area contributed by atoms with Crippen LogP contribution in [0.3, 0.4) is 0 Å². The molecule has 0 aliphatic carbocycles. The maximum absolute atomic E-state index is 12.0. The molecule has 0 spiro atoms. The zero-order chi connectivity index (χ0) is 9.61. The first-order valence-corrected chi connectivity index (χ1v) is 7.76. The van der Waals surface area contributed by atoms with Gasteiger partial charge in [-0.05, 0) is 9.12 Å². The van der Waals surface area contributed by atoms with Crippen LogP contribution in [0.5, 0.6) is 0 Å². The molecule has 0 aromatic rings. The number of hydrogen-bond donors (Lipinski definition) is 0. The molecule has 0 atom stereocenters. The molecule has 0 aliphatic rings. The van der Waals surface area contributed by atoms with Gasteiger partial charge in [-0.15, -0.1) is 10.3 Å². The third-order valence-corrected chi connectivity index (χ3v) is 3.80. The lowest BCUT2D eigenvalue weighted by molar-refractivity contribution is 0.523. The number of hydrogen-bond acceptors (Lipinski definition) is 4. The first kappa shape index (κ1) is 12.5. The van der Waals surface area contributed by atoms with E-state index in [1.165, 1.54) is 9.12 Å². The monoisotopic (exact) mass is 323 g/mol. The summed E-state index contributed by atoms with van der Waals surface area (Å²) >= 11 is 1.95. The van der Waals surface area contributed by atoms with Crippen molar-refractivity contribution in [3.63, 3.8) is 0 Å². The highest BCUT2D eigenvalue weighted by Crippen LogP contribution is 2.17. The molecule has 0 aliphatic heterocycles. The minimum absolute atomic E-state index is 0.108. The largest absolute Gasteiger partial charge is 0.303 e. The van der Waals surface area contributed by atoms with E-state index in [4.69, 9.17) is 6.42 Å². The second kappa shape index (κ2) is 6.01. The van der Waals surface area contributed by atoms with Crippen molar-refractivity contribution >= 4 is 40.5 Å². The first-order chi connectivity index (χ1) is 5.49. The van der Waals surface area contributed by atoms with Crippen molar-refractivity contribution in [1.82, 2.24) is 4.31 Å². The van der Waals surface area contributed by atoms with E-state index in [1.54, 1.807) is 4.31 Å². The van der Waals surface area contributed by atoms with Gasteiger partial charge in [-0.1, -0.05) is 5.92 Å².